The lowest BCUT2D eigenvalue weighted by Crippen LogP contribution is -2.69. The Morgan fingerprint density at radius 1 is 0.932 bits per heavy atom. The van der Waals surface area contributed by atoms with Crippen LogP contribution in [-0.2, 0) is 25.5 Å². The van der Waals surface area contributed by atoms with Crippen LogP contribution in [0.4, 0.5) is 13.2 Å². The molecule has 2 aliphatic rings. The zero-order valence-corrected chi connectivity index (χ0v) is 24.9. The highest BCUT2D eigenvalue weighted by atomic mass is 19.4. The summed E-state index contributed by atoms with van der Waals surface area (Å²) in [6.07, 6.45) is -2.93. The van der Waals surface area contributed by atoms with Gasteiger partial charge in [-0.05, 0) is 36.5 Å². The zero-order chi connectivity index (χ0) is 32.2. The molecule has 2 aromatic carbocycles. The Labute approximate surface area is 253 Å². The summed E-state index contributed by atoms with van der Waals surface area (Å²) in [4.78, 5) is 69.1. The van der Waals surface area contributed by atoms with Crippen molar-refractivity contribution in [3.05, 3.63) is 71.3 Å². The number of hydrogen-bond donors (Lipinski definition) is 1. The van der Waals surface area contributed by atoms with Gasteiger partial charge in [-0.2, -0.15) is 13.2 Å². The van der Waals surface area contributed by atoms with Gasteiger partial charge in [0, 0.05) is 12.5 Å². The van der Waals surface area contributed by atoms with Gasteiger partial charge in [0.15, 0.2) is 0 Å². The number of benzene rings is 2. The van der Waals surface area contributed by atoms with E-state index in [-0.39, 0.29) is 16.7 Å². The van der Waals surface area contributed by atoms with Gasteiger partial charge in [-0.15, -0.1) is 0 Å². The molecule has 9 nitrogen and oxygen atoms in total. The van der Waals surface area contributed by atoms with E-state index in [1.165, 1.54) is 41.3 Å². The van der Waals surface area contributed by atoms with Crippen molar-refractivity contribution in [3.63, 3.8) is 0 Å². The zero-order valence-electron chi connectivity index (χ0n) is 24.9. The molecule has 1 fully saturated rings. The average Bonchev–Trinajstić information content (AvgIpc) is 3.23. The maximum absolute atomic E-state index is 14.8. The predicted octanol–water partition coefficient (Wildman–Crippen LogP) is 4.30. The summed E-state index contributed by atoms with van der Waals surface area (Å²) in [5.74, 6) is -5.69. The SMILES string of the molecule is COC(=O)C(Cc1ccccc1)(NC(=O)C(C(C)C)N(C(=O)CN1C(=O)c2ccccc2C1=O)C1CCCCC1)C(F)(F)F. The number of nitrogens with one attached hydrogen (secondary N) is 1. The van der Waals surface area contributed by atoms with Gasteiger partial charge >= 0.3 is 12.1 Å². The molecule has 1 saturated carbocycles. The minimum Gasteiger partial charge on any atom is -0.467 e. The van der Waals surface area contributed by atoms with E-state index in [1.807, 2.05) is 5.32 Å². The summed E-state index contributed by atoms with van der Waals surface area (Å²) in [6.45, 7) is 2.48. The number of esters is 1. The Kier molecular flexibility index (Phi) is 9.80. The fourth-order valence-corrected chi connectivity index (χ4v) is 6.11. The van der Waals surface area contributed by atoms with Crippen LogP contribution in [0.3, 0.4) is 0 Å². The van der Waals surface area contributed by atoms with Gasteiger partial charge in [0.2, 0.25) is 17.4 Å². The number of hydrogen-bond acceptors (Lipinski definition) is 6. The third-order valence-corrected chi connectivity index (χ3v) is 8.29. The number of halogens is 3. The Morgan fingerprint density at radius 2 is 1.48 bits per heavy atom. The average molecular weight is 616 g/mol. The molecule has 0 saturated heterocycles. The standard InChI is InChI=1S/C32H36F3N3O6/c1-20(2)26(27(40)36-31(30(43)44-3,32(33,34)35)18-21-12-6-4-7-13-21)38(22-14-8-5-9-15-22)25(39)19-37-28(41)23-16-10-11-17-24(23)29(37)42/h4,6-7,10-13,16-17,20,22,26H,5,8-9,14-15,18-19H2,1-3H3,(H,36,40). The van der Waals surface area contributed by atoms with Gasteiger partial charge in [0.25, 0.3) is 11.8 Å². The first-order chi connectivity index (χ1) is 20.8. The molecule has 0 spiro atoms. The summed E-state index contributed by atoms with van der Waals surface area (Å²) in [6, 6.07) is 11.6. The summed E-state index contributed by atoms with van der Waals surface area (Å²) in [5, 5.41) is 1.97. The predicted molar refractivity (Wildman–Crippen MR) is 153 cm³/mol. The molecule has 2 unspecified atom stereocenters. The van der Waals surface area contributed by atoms with Crippen molar-refractivity contribution in [2.75, 3.05) is 13.7 Å². The van der Waals surface area contributed by atoms with E-state index in [0.29, 0.717) is 12.8 Å². The summed E-state index contributed by atoms with van der Waals surface area (Å²) < 4.78 is 49.1. The molecule has 44 heavy (non-hydrogen) atoms. The van der Waals surface area contributed by atoms with Crippen LogP contribution >= 0.6 is 0 Å². The van der Waals surface area contributed by atoms with Gasteiger partial charge in [-0.25, -0.2) is 4.79 Å². The highest BCUT2D eigenvalue weighted by molar-refractivity contribution is 6.22. The Hall–Kier alpha value is -4.22. The van der Waals surface area contributed by atoms with Crippen molar-refractivity contribution in [3.8, 4) is 0 Å². The lowest BCUT2D eigenvalue weighted by Gasteiger charge is -2.43. The van der Waals surface area contributed by atoms with Gasteiger partial charge in [-0.3, -0.25) is 24.1 Å². The minimum absolute atomic E-state index is 0.127. The van der Waals surface area contributed by atoms with E-state index in [0.717, 1.165) is 31.3 Å². The van der Waals surface area contributed by atoms with E-state index in [1.54, 1.807) is 32.0 Å². The minimum atomic E-state index is -5.27. The third kappa shape index (κ3) is 6.34. The molecule has 4 rings (SSSR count). The van der Waals surface area contributed by atoms with E-state index in [9.17, 15) is 37.1 Å². The van der Waals surface area contributed by atoms with Gasteiger partial charge in [0.05, 0.1) is 18.2 Å². The van der Waals surface area contributed by atoms with Crippen molar-refractivity contribution >= 4 is 29.6 Å². The maximum atomic E-state index is 14.8. The van der Waals surface area contributed by atoms with Crippen molar-refractivity contribution < 1.29 is 41.9 Å². The smallest absolute Gasteiger partial charge is 0.422 e. The van der Waals surface area contributed by atoms with Crippen LogP contribution < -0.4 is 5.32 Å². The van der Waals surface area contributed by atoms with Crippen LogP contribution in [0.25, 0.3) is 0 Å². The summed E-state index contributed by atoms with van der Waals surface area (Å²) in [5.41, 5.74) is -3.04. The maximum Gasteiger partial charge on any atom is 0.422 e. The van der Waals surface area contributed by atoms with E-state index < -0.39 is 72.3 Å². The number of rotatable bonds is 10. The second kappa shape index (κ2) is 13.2. The van der Waals surface area contributed by atoms with E-state index in [4.69, 9.17) is 0 Å². The fourth-order valence-electron chi connectivity index (χ4n) is 6.11. The molecule has 0 radical (unpaired) electrons. The van der Waals surface area contributed by atoms with Gasteiger partial charge in [0.1, 0.15) is 12.6 Å². The van der Waals surface area contributed by atoms with Crippen LogP contribution in [0.5, 0.6) is 0 Å². The molecule has 0 aromatic heterocycles. The first-order valence-electron chi connectivity index (χ1n) is 14.6. The van der Waals surface area contributed by atoms with Gasteiger partial charge < -0.3 is 15.0 Å². The first-order valence-corrected chi connectivity index (χ1v) is 14.6. The molecule has 4 amide bonds. The Bertz CT molecular complexity index is 1370. The number of alkyl halides is 3. The number of carbonyl (C=O) groups is 5. The van der Waals surface area contributed by atoms with Crippen molar-refractivity contribution in [1.29, 1.82) is 0 Å². The van der Waals surface area contributed by atoms with Crippen LogP contribution in [0.15, 0.2) is 54.6 Å². The molecule has 1 aliphatic carbocycles. The van der Waals surface area contributed by atoms with E-state index >= 15 is 0 Å². The third-order valence-electron chi connectivity index (χ3n) is 8.29. The molecular weight excluding hydrogens is 579 g/mol. The second-order valence-electron chi connectivity index (χ2n) is 11.6. The quantitative estimate of drug-likeness (QED) is 0.315. The second-order valence-corrected chi connectivity index (χ2v) is 11.6. The van der Waals surface area contributed by atoms with Crippen molar-refractivity contribution in [2.45, 2.75) is 76.2 Å². The topological polar surface area (TPSA) is 113 Å². The van der Waals surface area contributed by atoms with Gasteiger partial charge in [-0.1, -0.05) is 75.6 Å². The van der Waals surface area contributed by atoms with E-state index in [2.05, 4.69) is 4.74 Å². The monoisotopic (exact) mass is 615 g/mol. The number of fused-ring (bicyclic) bond motifs is 1. The summed E-state index contributed by atoms with van der Waals surface area (Å²) >= 11 is 0. The largest absolute Gasteiger partial charge is 0.467 e. The molecule has 12 heteroatoms. The number of amides is 4. The van der Waals surface area contributed by atoms with Crippen LogP contribution in [0.2, 0.25) is 0 Å². The number of nitrogens with zero attached hydrogens (tertiary/aromatic N) is 2. The molecular formula is C32H36F3N3O6. The molecule has 2 atom stereocenters. The highest BCUT2D eigenvalue weighted by Crippen LogP contribution is 2.36. The normalized spacial score (nSPS) is 17.6. The molecule has 236 valence electrons. The number of methoxy groups -OCH3 is 1. The first kappa shape index (κ1) is 32.7. The van der Waals surface area contributed by atoms with Crippen LogP contribution in [-0.4, -0.2) is 76.9 Å². The fraction of sp³-hybridized carbons (Fsp3) is 0.469. The molecule has 1 aliphatic heterocycles. The lowest BCUT2D eigenvalue weighted by atomic mass is 9.87. The molecule has 2 aromatic rings. The summed E-state index contributed by atoms with van der Waals surface area (Å²) in [7, 11) is 0.805. The number of carbonyl (C=O) groups excluding carboxylic acids is 5. The van der Waals surface area contributed by atoms with Crippen LogP contribution in [0.1, 0.15) is 72.2 Å². The Balaban J connectivity index is 1.71. The molecule has 1 heterocycles. The van der Waals surface area contributed by atoms with Crippen molar-refractivity contribution in [1.82, 2.24) is 15.1 Å². The van der Waals surface area contributed by atoms with Crippen LogP contribution in [0, 0.1) is 5.92 Å². The molecule has 1 N–H and O–H groups in total. The number of ether oxygens (including phenoxy) is 1. The Morgan fingerprint density at radius 3 is 1.98 bits per heavy atom. The lowest BCUT2D eigenvalue weighted by molar-refractivity contribution is -0.213. The number of imide groups is 1. The molecule has 0 bridgehead atoms. The highest BCUT2D eigenvalue weighted by Gasteiger charge is 2.63. The van der Waals surface area contributed by atoms with Crippen molar-refractivity contribution in [2.24, 2.45) is 5.92 Å².